The topological polar surface area (TPSA) is 82.3 Å². The highest BCUT2D eigenvalue weighted by atomic mass is 79.9. The zero-order valence-corrected chi connectivity index (χ0v) is 21.9. The summed E-state index contributed by atoms with van der Waals surface area (Å²) in [7, 11) is 0. The summed E-state index contributed by atoms with van der Waals surface area (Å²) in [6, 6.07) is 7.22. The highest BCUT2D eigenvalue weighted by Crippen LogP contribution is 2.37. The van der Waals surface area contributed by atoms with E-state index in [-0.39, 0.29) is 0 Å². The number of hydrazine groups is 2. The Morgan fingerprint density at radius 3 is 1.23 bits per heavy atom. The maximum absolute atomic E-state index is 12.0. The van der Waals surface area contributed by atoms with Gasteiger partial charge in [-0.3, -0.25) is 31.3 Å². The van der Waals surface area contributed by atoms with Crippen LogP contribution in [0.15, 0.2) is 51.1 Å². The van der Waals surface area contributed by atoms with Gasteiger partial charge in [-0.15, -0.1) is 0 Å². The molecule has 2 rings (SSSR count). The fourth-order valence-corrected chi connectivity index (χ4v) is 4.58. The summed E-state index contributed by atoms with van der Waals surface area (Å²) in [4.78, 5) is 24.0. The lowest BCUT2D eigenvalue weighted by atomic mass is 10.3. The summed E-state index contributed by atoms with van der Waals surface area (Å²) < 4.78 is 4.35. The fraction of sp³-hybridized carbons (Fsp3) is 0. The van der Waals surface area contributed by atoms with Crippen molar-refractivity contribution in [1.29, 1.82) is 0 Å². The highest BCUT2D eigenvalue weighted by Gasteiger charge is 2.16. The van der Waals surface area contributed by atoms with E-state index in [2.05, 4.69) is 117 Å². The van der Waals surface area contributed by atoms with E-state index in [1.165, 1.54) is 0 Å². The van der Waals surface area contributed by atoms with E-state index in [0.717, 1.165) is 8.95 Å². The third-order valence-electron chi connectivity index (χ3n) is 2.90. The Hall–Kier alpha value is -0.140. The third-order valence-corrected chi connectivity index (χ3v) is 8.25. The van der Waals surface area contributed by atoms with Crippen LogP contribution in [0.5, 0.6) is 0 Å². The molecule has 0 aliphatic carbocycles. The van der Waals surface area contributed by atoms with E-state index in [9.17, 15) is 9.59 Å². The molecular weight excluding hydrogens is 736 g/mol. The van der Waals surface area contributed by atoms with Crippen LogP contribution in [-0.4, -0.2) is 11.8 Å². The van der Waals surface area contributed by atoms with Gasteiger partial charge in [0.2, 0.25) is 0 Å². The quantitative estimate of drug-likeness (QED) is 0.180. The lowest BCUT2D eigenvalue weighted by molar-refractivity contribution is -0.138. The molecule has 0 radical (unpaired) electrons. The molecule has 6 nitrogen and oxygen atoms in total. The number of benzene rings is 2. The van der Waals surface area contributed by atoms with Gasteiger partial charge in [0, 0.05) is 17.9 Å². The van der Waals surface area contributed by atoms with E-state index in [1.54, 1.807) is 12.1 Å². The van der Waals surface area contributed by atoms with E-state index in [1.807, 2.05) is 12.1 Å². The standard InChI is InChI=1S/C14H8Br6N4O2/c15-5-1-3-7(17)11(9(5)19)21-23-13(25)14(26)24-22-12-8(18)4-2-6(16)10(12)20/h1-4,21-22H,(H,23,25)(H,24,26). The van der Waals surface area contributed by atoms with Crippen LogP contribution in [0, 0.1) is 0 Å². The summed E-state index contributed by atoms with van der Waals surface area (Å²) in [6.45, 7) is 0. The van der Waals surface area contributed by atoms with Gasteiger partial charge >= 0.3 is 11.8 Å². The predicted molar refractivity (Wildman–Crippen MR) is 123 cm³/mol. The molecule has 0 aliphatic heterocycles. The Labute approximate surface area is 199 Å². The fourth-order valence-electron chi connectivity index (χ4n) is 1.64. The number of halogens is 6. The van der Waals surface area contributed by atoms with Gasteiger partial charge in [0.05, 0.1) is 20.3 Å². The summed E-state index contributed by atoms with van der Waals surface area (Å²) in [5.41, 5.74) is 11.2. The molecule has 0 aliphatic rings. The molecule has 0 saturated heterocycles. The number of hydrogen-bond donors (Lipinski definition) is 4. The molecule has 2 aromatic carbocycles. The van der Waals surface area contributed by atoms with Gasteiger partial charge in [0.15, 0.2) is 0 Å². The second-order valence-electron chi connectivity index (χ2n) is 4.59. The monoisotopic (exact) mass is 738 g/mol. The van der Waals surface area contributed by atoms with Gasteiger partial charge in [-0.1, -0.05) is 0 Å². The first-order valence-corrected chi connectivity index (χ1v) is 11.4. The lowest BCUT2D eigenvalue weighted by Crippen LogP contribution is -2.44. The van der Waals surface area contributed by atoms with Crippen LogP contribution >= 0.6 is 95.6 Å². The molecule has 12 heteroatoms. The number of carbonyl (C=O) groups excluding carboxylic acids is 2. The first kappa shape index (κ1) is 22.2. The van der Waals surface area contributed by atoms with Gasteiger partial charge < -0.3 is 0 Å². The highest BCUT2D eigenvalue weighted by molar-refractivity contribution is 9.13. The maximum Gasteiger partial charge on any atom is 0.329 e. The summed E-state index contributed by atoms with van der Waals surface area (Å²) in [6.07, 6.45) is 0. The molecule has 0 heterocycles. The number of carbonyl (C=O) groups is 2. The molecule has 2 aromatic rings. The second kappa shape index (κ2) is 9.87. The van der Waals surface area contributed by atoms with Crippen LogP contribution in [0.2, 0.25) is 0 Å². The van der Waals surface area contributed by atoms with Crippen LogP contribution in [0.25, 0.3) is 0 Å². The van der Waals surface area contributed by atoms with Crippen molar-refractivity contribution in [3.05, 3.63) is 51.1 Å². The normalized spacial score (nSPS) is 10.2. The largest absolute Gasteiger partial charge is 0.329 e. The maximum atomic E-state index is 12.0. The third kappa shape index (κ3) is 5.44. The van der Waals surface area contributed by atoms with Crippen molar-refractivity contribution in [1.82, 2.24) is 10.9 Å². The lowest BCUT2D eigenvalue weighted by Gasteiger charge is -2.15. The van der Waals surface area contributed by atoms with Gasteiger partial charge in [0.1, 0.15) is 0 Å². The molecule has 0 unspecified atom stereocenters. The Morgan fingerprint density at radius 1 is 0.577 bits per heavy atom. The summed E-state index contributed by atoms with van der Waals surface area (Å²) in [5, 5.41) is 0. The molecule has 138 valence electrons. The average molecular weight is 744 g/mol. The number of nitrogens with one attached hydrogen (secondary N) is 4. The SMILES string of the molecule is O=C(NNc1c(Br)ccc(Br)c1Br)C(=O)NNc1c(Br)ccc(Br)c1Br. The predicted octanol–water partition coefficient (Wildman–Crippen LogP) is 5.85. The van der Waals surface area contributed by atoms with Crippen molar-refractivity contribution in [2.24, 2.45) is 0 Å². The molecule has 0 aromatic heterocycles. The first-order valence-electron chi connectivity index (χ1n) is 6.61. The second-order valence-corrected chi connectivity index (χ2v) is 9.60. The number of hydrogen-bond acceptors (Lipinski definition) is 4. The number of amides is 2. The summed E-state index contributed by atoms with van der Waals surface area (Å²) >= 11 is 20.2. The Morgan fingerprint density at radius 2 is 0.885 bits per heavy atom. The molecule has 26 heavy (non-hydrogen) atoms. The van der Waals surface area contributed by atoms with E-state index in [4.69, 9.17) is 0 Å². The van der Waals surface area contributed by atoms with Gasteiger partial charge in [-0.25, -0.2) is 0 Å². The van der Waals surface area contributed by atoms with Gasteiger partial charge in [-0.2, -0.15) is 0 Å². The van der Waals surface area contributed by atoms with E-state index < -0.39 is 11.8 Å². The summed E-state index contributed by atoms with van der Waals surface area (Å²) in [5.74, 6) is -1.75. The van der Waals surface area contributed by atoms with Crippen molar-refractivity contribution >= 4 is 119 Å². The van der Waals surface area contributed by atoms with Gasteiger partial charge in [0.25, 0.3) is 0 Å². The Kier molecular flexibility index (Phi) is 8.41. The van der Waals surface area contributed by atoms with Crippen molar-refractivity contribution in [2.75, 3.05) is 10.9 Å². The van der Waals surface area contributed by atoms with Crippen molar-refractivity contribution in [3.63, 3.8) is 0 Å². The smallest absolute Gasteiger partial charge is 0.296 e. The van der Waals surface area contributed by atoms with Crippen LogP contribution in [0.1, 0.15) is 0 Å². The minimum atomic E-state index is -0.876. The molecular formula is C14H8Br6N4O2. The van der Waals surface area contributed by atoms with Crippen LogP contribution in [-0.2, 0) is 9.59 Å². The van der Waals surface area contributed by atoms with Crippen molar-refractivity contribution in [3.8, 4) is 0 Å². The minimum Gasteiger partial charge on any atom is -0.296 e. The number of anilines is 2. The van der Waals surface area contributed by atoms with Crippen LogP contribution in [0.3, 0.4) is 0 Å². The van der Waals surface area contributed by atoms with Crippen molar-refractivity contribution in [2.45, 2.75) is 0 Å². The Bertz CT molecular complexity index is 806. The minimum absolute atomic E-state index is 0.561. The zero-order chi connectivity index (χ0) is 19.4. The molecule has 0 saturated carbocycles. The van der Waals surface area contributed by atoms with Gasteiger partial charge in [-0.05, 0) is 120 Å². The molecule has 4 N–H and O–H groups in total. The average Bonchev–Trinajstić information content (AvgIpc) is 2.61. The molecule has 0 spiro atoms. The van der Waals surface area contributed by atoms with Crippen LogP contribution < -0.4 is 21.7 Å². The molecule has 0 fully saturated rings. The van der Waals surface area contributed by atoms with Crippen LogP contribution in [0.4, 0.5) is 11.4 Å². The number of rotatable bonds is 4. The molecule has 0 bridgehead atoms. The van der Waals surface area contributed by atoms with E-state index >= 15 is 0 Å². The molecule has 2 amide bonds. The zero-order valence-electron chi connectivity index (χ0n) is 12.4. The van der Waals surface area contributed by atoms with Crippen molar-refractivity contribution < 1.29 is 9.59 Å². The van der Waals surface area contributed by atoms with E-state index in [0.29, 0.717) is 29.3 Å². The Balaban J connectivity index is 1.98. The molecule has 0 atom stereocenters. The first-order chi connectivity index (χ1) is 12.2.